The minimum atomic E-state index is -3.71. The Hall–Kier alpha value is -0.730. The highest BCUT2D eigenvalue weighted by atomic mass is 35.5. The van der Waals surface area contributed by atoms with E-state index >= 15 is 0 Å². The molecule has 1 aromatic rings. The first-order chi connectivity index (χ1) is 9.71. The number of hydrogen-bond acceptors (Lipinski definition) is 4. The van der Waals surface area contributed by atoms with Crippen LogP contribution >= 0.6 is 23.8 Å². The number of aliphatic hydroxyl groups excluding tert-OH is 1. The lowest BCUT2D eigenvalue weighted by molar-refractivity contribution is 0.0367. The van der Waals surface area contributed by atoms with Crippen molar-refractivity contribution in [3.8, 4) is 0 Å². The van der Waals surface area contributed by atoms with Gasteiger partial charge in [0.1, 0.15) is 9.88 Å². The molecule has 1 saturated carbocycles. The number of thiocarbonyl (C=S) groups is 1. The van der Waals surface area contributed by atoms with E-state index in [1.807, 2.05) is 0 Å². The molecule has 1 aromatic carbocycles. The zero-order valence-corrected chi connectivity index (χ0v) is 13.9. The fourth-order valence-corrected chi connectivity index (χ4v) is 4.20. The molecule has 0 radical (unpaired) electrons. The lowest BCUT2D eigenvalue weighted by Crippen LogP contribution is -2.39. The van der Waals surface area contributed by atoms with Crippen LogP contribution in [-0.4, -0.2) is 42.5 Å². The molecule has 1 aliphatic carbocycles. The molecule has 1 fully saturated rings. The average molecular weight is 349 g/mol. The predicted molar refractivity (Wildman–Crippen MR) is 85.9 cm³/mol. The predicted octanol–water partition coefficient (Wildman–Crippen LogP) is 1.37. The fraction of sp³-hybridized carbons (Fsp3) is 0.462. The van der Waals surface area contributed by atoms with Crippen LogP contribution in [0, 0.1) is 5.92 Å². The summed E-state index contributed by atoms with van der Waals surface area (Å²) in [5.41, 5.74) is 5.99. The minimum Gasteiger partial charge on any atom is -0.393 e. The van der Waals surface area contributed by atoms with Crippen molar-refractivity contribution in [2.75, 3.05) is 13.6 Å². The van der Waals surface area contributed by atoms with Crippen molar-refractivity contribution in [1.82, 2.24) is 4.31 Å². The normalized spacial score (nSPS) is 22.1. The largest absolute Gasteiger partial charge is 0.393 e. The van der Waals surface area contributed by atoms with E-state index in [4.69, 9.17) is 29.6 Å². The van der Waals surface area contributed by atoms with Crippen molar-refractivity contribution in [1.29, 1.82) is 0 Å². The highest BCUT2D eigenvalue weighted by molar-refractivity contribution is 7.89. The van der Waals surface area contributed by atoms with Gasteiger partial charge in [-0.2, -0.15) is 0 Å². The maximum atomic E-state index is 12.6. The van der Waals surface area contributed by atoms with Crippen LogP contribution in [0.25, 0.3) is 0 Å². The second kappa shape index (κ2) is 6.18. The van der Waals surface area contributed by atoms with Crippen molar-refractivity contribution in [2.24, 2.45) is 11.7 Å². The van der Waals surface area contributed by atoms with E-state index in [2.05, 4.69) is 0 Å². The van der Waals surface area contributed by atoms with Crippen molar-refractivity contribution >= 4 is 38.8 Å². The SMILES string of the molecule is CN(CC1CC(O)C1)S(=O)(=O)c1cc(C(N)=S)ccc1Cl. The molecule has 0 amide bonds. The summed E-state index contributed by atoms with van der Waals surface area (Å²) < 4.78 is 26.4. The van der Waals surface area contributed by atoms with Crippen LogP contribution < -0.4 is 5.73 Å². The van der Waals surface area contributed by atoms with E-state index < -0.39 is 10.0 Å². The third-order valence-electron chi connectivity index (χ3n) is 3.63. The topological polar surface area (TPSA) is 83.6 Å². The van der Waals surface area contributed by atoms with Crippen LogP contribution in [0.4, 0.5) is 0 Å². The Balaban J connectivity index is 2.26. The second-order valence-corrected chi connectivity index (χ2v) is 8.15. The van der Waals surface area contributed by atoms with Crippen LogP contribution in [0.3, 0.4) is 0 Å². The molecule has 0 atom stereocenters. The van der Waals surface area contributed by atoms with Crippen LogP contribution in [0.15, 0.2) is 23.1 Å². The lowest BCUT2D eigenvalue weighted by atomic mass is 9.82. The van der Waals surface area contributed by atoms with Gasteiger partial charge in [0, 0.05) is 19.2 Å². The van der Waals surface area contributed by atoms with Crippen LogP contribution in [0.2, 0.25) is 5.02 Å². The summed E-state index contributed by atoms with van der Waals surface area (Å²) in [5.74, 6) is 0.178. The van der Waals surface area contributed by atoms with E-state index in [9.17, 15) is 13.5 Å². The summed E-state index contributed by atoms with van der Waals surface area (Å²) in [5, 5.41) is 9.41. The summed E-state index contributed by atoms with van der Waals surface area (Å²) in [7, 11) is -2.21. The van der Waals surface area contributed by atoms with E-state index in [0.717, 1.165) is 0 Å². The third-order valence-corrected chi connectivity index (χ3v) is 6.17. The summed E-state index contributed by atoms with van der Waals surface area (Å²) in [6.45, 7) is 0.354. The van der Waals surface area contributed by atoms with Gasteiger partial charge in [0.05, 0.1) is 11.1 Å². The van der Waals surface area contributed by atoms with E-state index in [-0.39, 0.29) is 26.9 Å². The highest BCUT2D eigenvalue weighted by Gasteiger charge is 2.32. The number of rotatable bonds is 5. The smallest absolute Gasteiger partial charge is 0.244 e. The maximum absolute atomic E-state index is 12.6. The van der Waals surface area contributed by atoms with E-state index in [0.29, 0.717) is 24.9 Å². The quantitative estimate of drug-likeness (QED) is 0.785. The zero-order valence-electron chi connectivity index (χ0n) is 11.5. The number of nitrogens with two attached hydrogens (primary N) is 1. The maximum Gasteiger partial charge on any atom is 0.244 e. The number of aliphatic hydroxyl groups is 1. The monoisotopic (exact) mass is 348 g/mol. The Bertz CT molecular complexity index is 657. The Kier molecular flexibility index (Phi) is 4.89. The zero-order chi connectivity index (χ0) is 15.8. The molecule has 0 unspecified atom stereocenters. The first-order valence-corrected chi connectivity index (χ1v) is 8.68. The molecule has 5 nitrogen and oxygen atoms in total. The Morgan fingerprint density at radius 3 is 2.67 bits per heavy atom. The van der Waals surface area contributed by atoms with Crippen molar-refractivity contribution in [3.05, 3.63) is 28.8 Å². The first kappa shape index (κ1) is 16.6. The molecule has 2 rings (SSSR count). The molecule has 21 heavy (non-hydrogen) atoms. The van der Waals surface area contributed by atoms with Crippen LogP contribution in [0.5, 0.6) is 0 Å². The number of sulfonamides is 1. The van der Waals surface area contributed by atoms with Crippen molar-refractivity contribution in [2.45, 2.75) is 23.8 Å². The number of benzene rings is 1. The summed E-state index contributed by atoms with van der Waals surface area (Å²) in [6, 6.07) is 4.46. The standard InChI is InChI=1S/C13H17ClN2O3S2/c1-16(7-8-4-10(17)5-8)21(18,19)12-6-9(13(15)20)2-3-11(12)14/h2-3,6,8,10,17H,4-5,7H2,1H3,(H2,15,20). The van der Waals surface area contributed by atoms with Crippen molar-refractivity contribution < 1.29 is 13.5 Å². The van der Waals surface area contributed by atoms with Gasteiger partial charge in [0.2, 0.25) is 10.0 Å². The van der Waals surface area contributed by atoms with Crippen LogP contribution in [-0.2, 0) is 10.0 Å². The molecule has 0 spiro atoms. The van der Waals surface area contributed by atoms with E-state index in [1.165, 1.54) is 23.5 Å². The summed E-state index contributed by atoms with van der Waals surface area (Å²) in [6.07, 6.45) is 0.939. The minimum absolute atomic E-state index is 0.00293. The van der Waals surface area contributed by atoms with Crippen molar-refractivity contribution in [3.63, 3.8) is 0 Å². The summed E-state index contributed by atoms with van der Waals surface area (Å²) in [4.78, 5) is 0.115. The second-order valence-electron chi connectivity index (χ2n) is 5.29. The Labute approximate surface area is 134 Å². The average Bonchev–Trinajstić information content (AvgIpc) is 2.36. The third kappa shape index (κ3) is 3.54. The first-order valence-electron chi connectivity index (χ1n) is 6.45. The Morgan fingerprint density at radius 1 is 1.52 bits per heavy atom. The van der Waals surface area contributed by atoms with Gasteiger partial charge in [-0.3, -0.25) is 0 Å². The van der Waals surface area contributed by atoms with Gasteiger partial charge in [0.25, 0.3) is 0 Å². The van der Waals surface area contributed by atoms with Gasteiger partial charge in [-0.1, -0.05) is 29.9 Å². The van der Waals surface area contributed by atoms with Gasteiger partial charge in [-0.15, -0.1) is 0 Å². The highest BCUT2D eigenvalue weighted by Crippen LogP contribution is 2.31. The molecule has 3 N–H and O–H groups in total. The molecular weight excluding hydrogens is 332 g/mol. The molecule has 0 aliphatic heterocycles. The Morgan fingerprint density at radius 2 is 2.14 bits per heavy atom. The van der Waals surface area contributed by atoms with Gasteiger partial charge < -0.3 is 10.8 Å². The summed E-state index contributed by atoms with van der Waals surface area (Å²) >= 11 is 10.9. The molecule has 0 saturated heterocycles. The molecule has 0 heterocycles. The molecule has 116 valence electrons. The molecule has 0 bridgehead atoms. The van der Waals surface area contributed by atoms with Crippen LogP contribution in [0.1, 0.15) is 18.4 Å². The fourth-order valence-electron chi connectivity index (χ4n) is 2.33. The van der Waals surface area contributed by atoms with Gasteiger partial charge >= 0.3 is 0 Å². The molecule has 0 aromatic heterocycles. The van der Waals surface area contributed by atoms with Gasteiger partial charge in [-0.05, 0) is 30.9 Å². The van der Waals surface area contributed by atoms with E-state index in [1.54, 1.807) is 6.07 Å². The molecule has 8 heteroatoms. The van der Waals surface area contributed by atoms with Gasteiger partial charge in [0.15, 0.2) is 0 Å². The van der Waals surface area contributed by atoms with Gasteiger partial charge in [-0.25, -0.2) is 12.7 Å². The molecular formula is C13H17ClN2O3S2. The molecule has 1 aliphatic rings. The number of nitrogens with zero attached hydrogens (tertiary/aromatic N) is 1. The number of hydrogen-bond donors (Lipinski definition) is 2. The number of halogens is 1. The lowest BCUT2D eigenvalue weighted by Gasteiger charge is -2.34.